The number of halogens is 3. The first kappa shape index (κ1) is 24.7. The molecule has 0 spiro atoms. The molecule has 3 saturated carbocycles. The summed E-state index contributed by atoms with van der Waals surface area (Å²) in [6.07, 6.45) is 16.8. The normalized spacial score (nSPS) is 31.7. The van der Waals surface area contributed by atoms with Crippen LogP contribution < -0.4 is 0 Å². The summed E-state index contributed by atoms with van der Waals surface area (Å²) >= 11 is 0. The van der Waals surface area contributed by atoms with E-state index in [0.29, 0.717) is 17.4 Å². The molecule has 2 aromatic rings. The largest absolute Gasteiger partial charge is 0.204 e. The second-order valence-electron chi connectivity index (χ2n) is 11.5. The van der Waals surface area contributed by atoms with E-state index in [0.717, 1.165) is 43.4 Å². The lowest BCUT2D eigenvalue weighted by molar-refractivity contribution is 0.171. The van der Waals surface area contributed by atoms with Crippen molar-refractivity contribution < 1.29 is 13.2 Å². The minimum Gasteiger partial charge on any atom is -0.204 e. The average Bonchev–Trinajstić information content (AvgIpc) is 2.92. The van der Waals surface area contributed by atoms with E-state index in [2.05, 4.69) is 36.9 Å². The summed E-state index contributed by atoms with van der Waals surface area (Å²) in [5, 5.41) is 0. The van der Waals surface area contributed by atoms with E-state index in [1.165, 1.54) is 74.6 Å². The van der Waals surface area contributed by atoms with Gasteiger partial charge >= 0.3 is 0 Å². The van der Waals surface area contributed by atoms with Gasteiger partial charge in [0.05, 0.1) is 0 Å². The zero-order valence-electron chi connectivity index (χ0n) is 20.8. The predicted octanol–water partition coefficient (Wildman–Crippen LogP) is 9.81. The van der Waals surface area contributed by atoms with Gasteiger partial charge in [-0.25, -0.2) is 13.2 Å². The highest BCUT2D eigenvalue weighted by Gasteiger charge is 2.31. The van der Waals surface area contributed by atoms with Gasteiger partial charge in [0.2, 0.25) is 0 Å². The Hall–Kier alpha value is -2.03. The Labute approximate surface area is 209 Å². The van der Waals surface area contributed by atoms with Crippen LogP contribution in [-0.2, 0) is 0 Å². The molecule has 0 aromatic heterocycles. The molecular weight excluding hydrogens is 441 g/mol. The van der Waals surface area contributed by atoms with E-state index >= 15 is 0 Å². The van der Waals surface area contributed by atoms with E-state index in [1.807, 2.05) is 0 Å². The minimum absolute atomic E-state index is 0.108. The molecule has 188 valence electrons. The lowest BCUT2D eigenvalue weighted by Crippen LogP contribution is -2.25. The van der Waals surface area contributed by atoms with Crippen molar-refractivity contribution in [1.29, 1.82) is 0 Å². The zero-order valence-corrected chi connectivity index (χ0v) is 20.8. The van der Waals surface area contributed by atoms with Crippen molar-refractivity contribution in [2.24, 2.45) is 17.8 Å². The first-order valence-electron chi connectivity index (χ1n) is 13.9. The quantitative estimate of drug-likeness (QED) is 0.295. The van der Waals surface area contributed by atoms with Gasteiger partial charge in [0.15, 0.2) is 17.5 Å². The molecule has 0 nitrogen and oxygen atoms in total. The van der Waals surface area contributed by atoms with E-state index in [1.54, 1.807) is 0 Å². The smallest absolute Gasteiger partial charge is 0.194 e. The molecule has 0 atom stereocenters. The second-order valence-corrected chi connectivity index (χ2v) is 11.5. The number of allylic oxidation sites excluding steroid dienone is 1. The van der Waals surface area contributed by atoms with Crippen LogP contribution >= 0.6 is 0 Å². The third-order valence-corrected chi connectivity index (χ3v) is 9.67. The van der Waals surface area contributed by atoms with Crippen molar-refractivity contribution >= 4 is 0 Å². The molecule has 0 saturated heterocycles. The molecule has 0 radical (unpaired) electrons. The van der Waals surface area contributed by atoms with Crippen LogP contribution in [0.25, 0.3) is 0 Å². The summed E-state index contributed by atoms with van der Waals surface area (Å²) in [7, 11) is 0. The van der Waals surface area contributed by atoms with Gasteiger partial charge in [-0.15, -0.1) is 6.58 Å². The lowest BCUT2D eigenvalue weighted by Gasteiger charge is -2.37. The predicted molar refractivity (Wildman–Crippen MR) is 137 cm³/mol. The molecule has 0 unspecified atom stereocenters. The van der Waals surface area contributed by atoms with Crippen LogP contribution in [0.3, 0.4) is 0 Å². The summed E-state index contributed by atoms with van der Waals surface area (Å²) < 4.78 is 40.6. The van der Waals surface area contributed by atoms with E-state index in [-0.39, 0.29) is 5.92 Å². The van der Waals surface area contributed by atoms with Crippen molar-refractivity contribution in [2.45, 2.75) is 94.8 Å². The van der Waals surface area contributed by atoms with Gasteiger partial charge in [0.1, 0.15) is 0 Å². The van der Waals surface area contributed by atoms with Gasteiger partial charge in [-0.1, -0.05) is 30.3 Å². The van der Waals surface area contributed by atoms with Crippen LogP contribution in [0.2, 0.25) is 0 Å². The Bertz CT molecular complexity index is 963. The minimum atomic E-state index is -1.37. The van der Waals surface area contributed by atoms with E-state index in [4.69, 9.17) is 0 Å². The van der Waals surface area contributed by atoms with Gasteiger partial charge in [0.25, 0.3) is 0 Å². The lowest BCUT2D eigenvalue weighted by atomic mass is 9.68. The van der Waals surface area contributed by atoms with Crippen LogP contribution in [0.15, 0.2) is 49.1 Å². The first-order valence-corrected chi connectivity index (χ1v) is 13.9. The molecule has 0 bridgehead atoms. The zero-order chi connectivity index (χ0) is 24.4. The van der Waals surface area contributed by atoms with Crippen molar-refractivity contribution in [3.05, 3.63) is 83.2 Å². The number of rotatable bonds is 5. The fraction of sp³-hybridized carbons (Fsp3) is 0.562. The molecule has 3 aliphatic carbocycles. The molecule has 0 amide bonds. The Morgan fingerprint density at radius 2 is 0.914 bits per heavy atom. The summed E-state index contributed by atoms with van der Waals surface area (Å²) in [6, 6.07) is 11.7. The highest BCUT2D eigenvalue weighted by atomic mass is 19.2. The molecule has 3 aliphatic rings. The molecule has 5 rings (SSSR count). The second kappa shape index (κ2) is 10.9. The Morgan fingerprint density at radius 1 is 0.543 bits per heavy atom. The third-order valence-electron chi connectivity index (χ3n) is 9.67. The Morgan fingerprint density at radius 3 is 1.34 bits per heavy atom. The Balaban J connectivity index is 1.12. The molecule has 3 heteroatoms. The topological polar surface area (TPSA) is 0 Å². The Kier molecular flexibility index (Phi) is 7.70. The molecular formula is C32H39F3. The van der Waals surface area contributed by atoms with Gasteiger partial charge in [0, 0.05) is 0 Å². The molecule has 3 fully saturated rings. The van der Waals surface area contributed by atoms with E-state index in [9.17, 15) is 13.2 Å². The fourth-order valence-electron chi connectivity index (χ4n) is 7.39. The maximum absolute atomic E-state index is 13.7. The molecule has 0 aliphatic heterocycles. The number of benzene rings is 2. The number of hydrogen-bond donors (Lipinski definition) is 0. The molecule has 0 heterocycles. The van der Waals surface area contributed by atoms with Crippen LogP contribution in [-0.4, -0.2) is 0 Å². The molecule has 0 N–H and O–H groups in total. The molecule has 2 aromatic carbocycles. The van der Waals surface area contributed by atoms with Crippen LogP contribution in [0.4, 0.5) is 13.2 Å². The summed E-state index contributed by atoms with van der Waals surface area (Å²) in [5.74, 6) is 0.398. The van der Waals surface area contributed by atoms with Crippen molar-refractivity contribution in [2.75, 3.05) is 0 Å². The van der Waals surface area contributed by atoms with Crippen LogP contribution in [0.5, 0.6) is 0 Å². The summed E-state index contributed by atoms with van der Waals surface area (Å²) in [4.78, 5) is 0. The highest BCUT2D eigenvalue weighted by Crippen LogP contribution is 2.45. The van der Waals surface area contributed by atoms with Crippen molar-refractivity contribution in [1.82, 2.24) is 0 Å². The summed E-state index contributed by atoms with van der Waals surface area (Å²) in [5.41, 5.74) is 3.48. The van der Waals surface area contributed by atoms with Gasteiger partial charge in [-0.05, 0) is 141 Å². The first-order chi connectivity index (χ1) is 17.0. The SMILES string of the molecule is C=CC1CCC(C2CCC(c3ccc(C4CCC(c5cc(F)c(F)c(F)c5)CC4)cc3)CC2)CC1. The summed E-state index contributed by atoms with van der Waals surface area (Å²) in [6.45, 7) is 3.99. The highest BCUT2D eigenvalue weighted by molar-refractivity contribution is 5.30. The van der Waals surface area contributed by atoms with Crippen LogP contribution in [0.1, 0.15) is 111 Å². The monoisotopic (exact) mass is 480 g/mol. The van der Waals surface area contributed by atoms with Crippen molar-refractivity contribution in [3.63, 3.8) is 0 Å². The maximum atomic E-state index is 13.7. The standard InChI is InChI=1S/C32H39F3/c1-2-21-3-5-22(6-4-21)23-7-9-24(10-8-23)25-11-13-26(14-12-25)27-15-17-28(18-16-27)29-19-30(33)32(35)31(34)20-29/h2,11-14,19-24,27-28H,1,3-10,15-18H2. The van der Waals surface area contributed by atoms with Crippen LogP contribution in [0, 0.1) is 35.2 Å². The van der Waals surface area contributed by atoms with Gasteiger partial charge in [-0.2, -0.15) is 0 Å². The average molecular weight is 481 g/mol. The fourth-order valence-corrected chi connectivity index (χ4v) is 7.39. The van der Waals surface area contributed by atoms with Gasteiger partial charge in [-0.3, -0.25) is 0 Å². The van der Waals surface area contributed by atoms with E-state index < -0.39 is 17.5 Å². The molecule has 35 heavy (non-hydrogen) atoms. The number of hydrogen-bond acceptors (Lipinski definition) is 0. The third kappa shape index (κ3) is 5.54. The maximum Gasteiger partial charge on any atom is 0.194 e. The van der Waals surface area contributed by atoms with Crippen molar-refractivity contribution in [3.8, 4) is 0 Å². The van der Waals surface area contributed by atoms with Gasteiger partial charge < -0.3 is 0 Å².